The second-order valence-corrected chi connectivity index (χ2v) is 14.7. The molecule has 4 nitrogen and oxygen atoms in total. The van der Waals surface area contributed by atoms with E-state index in [2.05, 4.69) is 123 Å². The van der Waals surface area contributed by atoms with E-state index < -0.39 is 6.10 Å². The summed E-state index contributed by atoms with van der Waals surface area (Å²) in [5.74, 6) is -0.238. The van der Waals surface area contributed by atoms with E-state index in [9.17, 15) is 9.90 Å². The van der Waals surface area contributed by atoms with E-state index in [0.717, 1.165) is 89.9 Å². The monoisotopic (exact) mass is 775 g/mol. The number of hydrogen-bond donors (Lipinski definition) is 1. The summed E-state index contributed by atoms with van der Waals surface area (Å²) in [6.45, 7) is 5.15. The lowest BCUT2D eigenvalue weighted by Gasteiger charge is -2.15. The molecule has 0 saturated carbocycles. The summed E-state index contributed by atoms with van der Waals surface area (Å²) in [4.78, 5) is 12.2. The molecule has 56 heavy (non-hydrogen) atoms. The minimum absolute atomic E-state index is 0.195. The van der Waals surface area contributed by atoms with E-state index in [-0.39, 0.29) is 19.2 Å². The molecule has 0 heterocycles. The zero-order valence-corrected chi connectivity index (χ0v) is 36.4. The van der Waals surface area contributed by atoms with Gasteiger partial charge in [-0.1, -0.05) is 187 Å². The smallest absolute Gasteiger partial charge is 0.306 e. The molecule has 0 radical (unpaired) electrons. The molecule has 0 aromatic heterocycles. The first-order valence-electron chi connectivity index (χ1n) is 23.0. The molecular formula is C52H86O4. The van der Waals surface area contributed by atoms with E-state index in [1.807, 2.05) is 0 Å². The Morgan fingerprint density at radius 3 is 1.21 bits per heavy atom. The third kappa shape index (κ3) is 45.4. The van der Waals surface area contributed by atoms with Crippen LogP contribution in [0.3, 0.4) is 0 Å². The average molecular weight is 775 g/mol. The minimum atomic E-state index is -0.564. The van der Waals surface area contributed by atoms with Crippen molar-refractivity contribution in [3.8, 4) is 0 Å². The Balaban J connectivity index is 3.58. The van der Waals surface area contributed by atoms with Crippen LogP contribution in [0.25, 0.3) is 0 Å². The summed E-state index contributed by atoms with van der Waals surface area (Å²) in [5, 5.41) is 9.62. The van der Waals surface area contributed by atoms with Gasteiger partial charge in [-0.3, -0.25) is 4.79 Å². The molecular weight excluding hydrogens is 689 g/mol. The average Bonchev–Trinajstić information content (AvgIpc) is 3.20. The number of esters is 1. The molecule has 0 bridgehead atoms. The number of unbranched alkanes of at least 4 members (excludes halogenated alkanes) is 15. The SMILES string of the molecule is CC/C=C\C/C=C\C/C=C\C/C=C\C/C=C\C/C=C\C/C=C\CCCCCC(=O)OC(CO)COCCCCCCCCCC/C=C\C/C=C\CCCCCC. The first kappa shape index (κ1) is 53.0. The Bertz CT molecular complexity index is 1090. The Kier molecular flexibility index (Phi) is 45.7. The summed E-state index contributed by atoms with van der Waals surface area (Å²) in [6, 6.07) is 0. The fourth-order valence-corrected chi connectivity index (χ4v) is 5.93. The number of hydrogen-bond acceptors (Lipinski definition) is 4. The molecule has 0 rings (SSSR count). The Hall–Kier alpha value is -2.95. The van der Waals surface area contributed by atoms with Gasteiger partial charge in [0.1, 0.15) is 6.10 Å². The van der Waals surface area contributed by atoms with E-state index in [0.29, 0.717) is 13.0 Å². The molecule has 1 N–H and O–H groups in total. The highest BCUT2D eigenvalue weighted by Crippen LogP contribution is 2.11. The lowest BCUT2D eigenvalue weighted by atomic mass is 10.1. The number of aliphatic hydroxyl groups excluding tert-OH is 1. The van der Waals surface area contributed by atoms with Crippen LogP contribution in [0.4, 0.5) is 0 Å². The molecule has 0 aliphatic carbocycles. The summed E-state index contributed by atoms with van der Waals surface area (Å²) < 4.78 is 11.2. The largest absolute Gasteiger partial charge is 0.457 e. The minimum Gasteiger partial charge on any atom is -0.457 e. The topological polar surface area (TPSA) is 55.8 Å². The van der Waals surface area contributed by atoms with Crippen molar-refractivity contribution in [3.63, 3.8) is 0 Å². The Morgan fingerprint density at radius 2 is 0.804 bits per heavy atom. The maximum atomic E-state index is 12.2. The van der Waals surface area contributed by atoms with Gasteiger partial charge in [0.15, 0.2) is 0 Å². The van der Waals surface area contributed by atoms with E-state index >= 15 is 0 Å². The zero-order chi connectivity index (χ0) is 40.5. The fraction of sp³-hybridized carbons (Fsp3) is 0.635. The van der Waals surface area contributed by atoms with Crippen LogP contribution >= 0.6 is 0 Å². The van der Waals surface area contributed by atoms with Crippen molar-refractivity contribution >= 4 is 5.97 Å². The maximum absolute atomic E-state index is 12.2. The zero-order valence-electron chi connectivity index (χ0n) is 36.4. The van der Waals surface area contributed by atoms with E-state index in [1.54, 1.807) is 0 Å². The van der Waals surface area contributed by atoms with Gasteiger partial charge in [-0.2, -0.15) is 0 Å². The van der Waals surface area contributed by atoms with Crippen molar-refractivity contribution in [2.45, 2.75) is 193 Å². The van der Waals surface area contributed by atoms with Crippen molar-refractivity contribution < 1.29 is 19.4 Å². The van der Waals surface area contributed by atoms with Gasteiger partial charge in [0.25, 0.3) is 0 Å². The van der Waals surface area contributed by atoms with Gasteiger partial charge in [0.05, 0.1) is 13.2 Å². The standard InChI is InChI=1S/C52H86O4/c1-3-5-7-9-11-13-15-17-19-21-23-24-25-26-27-28-29-31-33-35-37-39-41-43-45-47-52(54)56-51(49-53)50-55-48-46-44-42-40-38-36-34-32-30-22-20-18-16-14-12-10-8-6-4-2/h5,7,11,13-14,16-17,19-20,22-24,26-27,29,31,35,37,51,53H,3-4,6,8-10,12,15,18,21,25,28,30,32-34,36,38-50H2,1-2H3/b7-5-,13-11-,16-14-,19-17-,22-20-,24-23-,27-26-,31-29-,37-35-. The van der Waals surface area contributed by atoms with Gasteiger partial charge in [-0.15, -0.1) is 0 Å². The highest BCUT2D eigenvalue weighted by Gasteiger charge is 2.13. The molecule has 0 aromatic rings. The number of aliphatic hydroxyl groups is 1. The molecule has 1 atom stereocenters. The van der Waals surface area contributed by atoms with Crippen LogP contribution in [0.1, 0.15) is 187 Å². The van der Waals surface area contributed by atoms with Crippen LogP contribution in [0, 0.1) is 0 Å². The van der Waals surface area contributed by atoms with Crippen LogP contribution < -0.4 is 0 Å². The van der Waals surface area contributed by atoms with Gasteiger partial charge in [-0.05, 0) is 103 Å². The lowest BCUT2D eigenvalue weighted by Crippen LogP contribution is -2.27. The number of allylic oxidation sites excluding steroid dienone is 18. The number of carbonyl (C=O) groups is 1. The predicted octanol–water partition coefficient (Wildman–Crippen LogP) is 15.5. The molecule has 0 aromatic carbocycles. The van der Waals surface area contributed by atoms with Crippen molar-refractivity contribution in [1.29, 1.82) is 0 Å². The molecule has 4 heteroatoms. The molecule has 0 saturated heterocycles. The van der Waals surface area contributed by atoms with Crippen molar-refractivity contribution in [3.05, 3.63) is 109 Å². The Labute approximate surface area is 346 Å². The first-order valence-corrected chi connectivity index (χ1v) is 23.0. The van der Waals surface area contributed by atoms with E-state index in [4.69, 9.17) is 9.47 Å². The second kappa shape index (κ2) is 48.2. The van der Waals surface area contributed by atoms with E-state index in [1.165, 1.54) is 77.0 Å². The van der Waals surface area contributed by atoms with Crippen molar-refractivity contribution in [2.24, 2.45) is 0 Å². The molecule has 318 valence electrons. The number of carbonyl (C=O) groups excluding carboxylic acids is 1. The van der Waals surface area contributed by atoms with Crippen LogP contribution in [0.15, 0.2) is 109 Å². The Morgan fingerprint density at radius 1 is 0.446 bits per heavy atom. The van der Waals surface area contributed by atoms with Crippen molar-refractivity contribution in [2.75, 3.05) is 19.8 Å². The number of ether oxygens (including phenoxy) is 2. The van der Waals surface area contributed by atoms with Gasteiger partial charge < -0.3 is 14.6 Å². The summed E-state index contributed by atoms with van der Waals surface area (Å²) >= 11 is 0. The van der Waals surface area contributed by atoms with Gasteiger partial charge >= 0.3 is 5.97 Å². The van der Waals surface area contributed by atoms with Gasteiger partial charge in [0.2, 0.25) is 0 Å². The molecule has 0 spiro atoms. The molecule has 0 aliphatic rings. The highest BCUT2D eigenvalue weighted by atomic mass is 16.6. The third-order valence-electron chi connectivity index (χ3n) is 9.33. The maximum Gasteiger partial charge on any atom is 0.306 e. The molecule has 1 unspecified atom stereocenters. The molecule has 0 fully saturated rings. The summed E-state index contributed by atoms with van der Waals surface area (Å²) in [6.07, 6.45) is 70.1. The predicted molar refractivity (Wildman–Crippen MR) is 246 cm³/mol. The van der Waals surface area contributed by atoms with Gasteiger partial charge in [-0.25, -0.2) is 0 Å². The van der Waals surface area contributed by atoms with Crippen LogP contribution in [0.2, 0.25) is 0 Å². The highest BCUT2D eigenvalue weighted by molar-refractivity contribution is 5.69. The third-order valence-corrected chi connectivity index (χ3v) is 9.33. The summed E-state index contributed by atoms with van der Waals surface area (Å²) in [7, 11) is 0. The van der Waals surface area contributed by atoms with Crippen LogP contribution in [-0.4, -0.2) is 37.0 Å². The number of rotatable bonds is 41. The normalized spacial score (nSPS) is 13.4. The lowest BCUT2D eigenvalue weighted by molar-refractivity contribution is -0.154. The van der Waals surface area contributed by atoms with Crippen molar-refractivity contribution in [1.82, 2.24) is 0 Å². The van der Waals surface area contributed by atoms with Gasteiger partial charge in [0, 0.05) is 13.0 Å². The van der Waals surface area contributed by atoms with Crippen LogP contribution in [-0.2, 0) is 14.3 Å². The quantitative estimate of drug-likeness (QED) is 0.0382. The molecule has 0 amide bonds. The fourth-order valence-electron chi connectivity index (χ4n) is 5.93. The second-order valence-electron chi connectivity index (χ2n) is 14.7. The first-order chi connectivity index (χ1) is 27.7. The van der Waals surface area contributed by atoms with Crippen LogP contribution in [0.5, 0.6) is 0 Å². The molecule has 0 aliphatic heterocycles. The summed E-state index contributed by atoms with van der Waals surface area (Å²) in [5.41, 5.74) is 0.